The lowest BCUT2D eigenvalue weighted by Gasteiger charge is -2.14. The van der Waals surface area contributed by atoms with Crippen LogP contribution in [0.2, 0.25) is 0 Å². The summed E-state index contributed by atoms with van der Waals surface area (Å²) in [4.78, 5) is 0. The van der Waals surface area contributed by atoms with Crippen molar-refractivity contribution in [2.75, 3.05) is 11.5 Å². The first-order valence-electron chi connectivity index (χ1n) is 5.13. The third-order valence-electron chi connectivity index (χ3n) is 2.91. The van der Waals surface area contributed by atoms with E-state index in [4.69, 9.17) is 11.6 Å². The van der Waals surface area contributed by atoms with E-state index < -0.39 is 0 Å². The molecule has 2 unspecified atom stereocenters. The minimum absolute atomic E-state index is 0.153. The van der Waals surface area contributed by atoms with Crippen LogP contribution in [0.15, 0.2) is 18.2 Å². The van der Waals surface area contributed by atoms with Crippen LogP contribution in [0.3, 0.4) is 0 Å². The van der Waals surface area contributed by atoms with Gasteiger partial charge in [-0.1, -0.05) is 6.07 Å². The number of rotatable bonds is 2. The summed E-state index contributed by atoms with van der Waals surface area (Å²) in [5.41, 5.74) is 2.27. The highest BCUT2D eigenvalue weighted by Gasteiger charge is 2.26. The van der Waals surface area contributed by atoms with Crippen LogP contribution in [-0.2, 0) is 6.42 Å². The Balaban J connectivity index is 2.10. The molecule has 2 atom stereocenters. The molecule has 0 nitrogen and oxygen atoms in total. The highest BCUT2D eigenvalue weighted by Crippen LogP contribution is 2.31. The van der Waals surface area contributed by atoms with Crippen molar-refractivity contribution in [2.45, 2.75) is 18.7 Å². The van der Waals surface area contributed by atoms with Crippen LogP contribution in [0.25, 0.3) is 0 Å². The first-order valence-corrected chi connectivity index (χ1v) is 6.73. The maximum atomic E-state index is 12.9. The Morgan fingerprint density at radius 1 is 1.47 bits per heavy atom. The Labute approximate surface area is 99.2 Å². The average Bonchev–Trinajstić information content (AvgIpc) is 2.57. The zero-order valence-corrected chi connectivity index (χ0v) is 10.2. The summed E-state index contributed by atoms with van der Waals surface area (Å²) in [5, 5.41) is 0.277. The molecule has 1 heterocycles. The second-order valence-corrected chi connectivity index (χ2v) is 5.72. The predicted molar refractivity (Wildman–Crippen MR) is 65.3 cm³/mol. The van der Waals surface area contributed by atoms with Crippen molar-refractivity contribution in [1.82, 2.24) is 0 Å². The van der Waals surface area contributed by atoms with Crippen molar-refractivity contribution in [1.29, 1.82) is 0 Å². The normalized spacial score (nSPS) is 25.8. The van der Waals surface area contributed by atoms with Gasteiger partial charge in [-0.2, -0.15) is 11.8 Å². The Hall–Kier alpha value is -0.210. The quantitative estimate of drug-likeness (QED) is 0.716. The molecular weight excluding hydrogens is 231 g/mol. The van der Waals surface area contributed by atoms with Gasteiger partial charge < -0.3 is 0 Å². The Bertz CT molecular complexity index is 353. The lowest BCUT2D eigenvalue weighted by atomic mass is 9.95. The fourth-order valence-corrected chi connectivity index (χ4v) is 3.77. The molecule has 1 aliphatic heterocycles. The molecule has 0 amide bonds. The molecule has 82 valence electrons. The molecule has 1 fully saturated rings. The van der Waals surface area contributed by atoms with Gasteiger partial charge in [0.15, 0.2) is 0 Å². The maximum Gasteiger partial charge on any atom is 0.123 e. The number of hydrogen-bond acceptors (Lipinski definition) is 1. The number of alkyl halides is 1. The highest BCUT2D eigenvalue weighted by atomic mass is 35.5. The molecule has 2 rings (SSSR count). The summed E-state index contributed by atoms with van der Waals surface area (Å²) in [6.07, 6.45) is 0.979. The van der Waals surface area contributed by atoms with E-state index in [-0.39, 0.29) is 11.2 Å². The van der Waals surface area contributed by atoms with Crippen LogP contribution in [0.5, 0.6) is 0 Å². The Morgan fingerprint density at radius 2 is 2.27 bits per heavy atom. The smallest absolute Gasteiger partial charge is 0.123 e. The van der Waals surface area contributed by atoms with Crippen LogP contribution in [0, 0.1) is 18.7 Å². The molecular formula is C12H14ClFS. The van der Waals surface area contributed by atoms with Crippen molar-refractivity contribution in [2.24, 2.45) is 5.92 Å². The molecule has 0 saturated carbocycles. The molecule has 0 N–H and O–H groups in total. The summed E-state index contributed by atoms with van der Waals surface area (Å²) in [5.74, 6) is 2.57. The minimum atomic E-state index is -0.153. The van der Waals surface area contributed by atoms with Crippen molar-refractivity contribution in [3.8, 4) is 0 Å². The lowest BCUT2D eigenvalue weighted by Crippen LogP contribution is -2.15. The molecule has 1 aliphatic rings. The summed E-state index contributed by atoms with van der Waals surface area (Å²) in [7, 11) is 0. The summed E-state index contributed by atoms with van der Waals surface area (Å²) in [6.45, 7) is 1.96. The summed E-state index contributed by atoms with van der Waals surface area (Å²) in [6, 6.07) is 5.02. The standard InChI is InChI=1S/C12H14ClFS/c1-8-4-11(14)3-2-9(8)5-10-6-15-7-12(10)13/h2-4,10,12H,5-7H2,1H3. The zero-order chi connectivity index (χ0) is 10.8. The van der Waals surface area contributed by atoms with Gasteiger partial charge in [-0.15, -0.1) is 11.6 Å². The molecule has 0 aromatic heterocycles. The van der Waals surface area contributed by atoms with Crippen LogP contribution in [-0.4, -0.2) is 16.9 Å². The molecule has 3 heteroatoms. The SMILES string of the molecule is Cc1cc(F)ccc1CC1CSCC1Cl. The number of thioether (sulfide) groups is 1. The van der Waals surface area contributed by atoms with Gasteiger partial charge in [0.2, 0.25) is 0 Å². The molecule has 0 aliphatic carbocycles. The third-order valence-corrected chi connectivity index (χ3v) is 4.86. The molecule has 0 radical (unpaired) electrons. The van der Waals surface area contributed by atoms with Gasteiger partial charge >= 0.3 is 0 Å². The summed E-state index contributed by atoms with van der Waals surface area (Å²) < 4.78 is 12.9. The predicted octanol–water partition coefficient (Wildman–Crippen LogP) is 3.65. The Morgan fingerprint density at radius 3 is 2.87 bits per heavy atom. The van der Waals surface area contributed by atoms with E-state index in [2.05, 4.69) is 0 Å². The number of aryl methyl sites for hydroxylation is 1. The molecule has 0 spiro atoms. The van der Waals surface area contributed by atoms with Crippen molar-refractivity contribution >= 4 is 23.4 Å². The minimum Gasteiger partial charge on any atom is -0.207 e. The largest absolute Gasteiger partial charge is 0.207 e. The van der Waals surface area contributed by atoms with E-state index in [0.717, 1.165) is 23.5 Å². The lowest BCUT2D eigenvalue weighted by molar-refractivity contribution is 0.595. The van der Waals surface area contributed by atoms with E-state index in [0.29, 0.717) is 5.92 Å². The molecule has 1 aromatic rings. The molecule has 1 saturated heterocycles. The van der Waals surface area contributed by atoms with Crippen LogP contribution >= 0.6 is 23.4 Å². The van der Waals surface area contributed by atoms with E-state index in [1.807, 2.05) is 24.8 Å². The van der Waals surface area contributed by atoms with Gasteiger partial charge in [0.25, 0.3) is 0 Å². The highest BCUT2D eigenvalue weighted by molar-refractivity contribution is 7.99. The van der Waals surface area contributed by atoms with E-state index in [1.165, 1.54) is 11.6 Å². The van der Waals surface area contributed by atoms with Gasteiger partial charge in [0.1, 0.15) is 5.82 Å². The van der Waals surface area contributed by atoms with Gasteiger partial charge in [-0.3, -0.25) is 0 Å². The second kappa shape index (κ2) is 4.75. The van der Waals surface area contributed by atoms with E-state index in [1.54, 1.807) is 6.07 Å². The fourth-order valence-electron chi connectivity index (χ4n) is 1.93. The van der Waals surface area contributed by atoms with Crippen LogP contribution in [0.1, 0.15) is 11.1 Å². The third kappa shape index (κ3) is 2.67. The Kier molecular flexibility index (Phi) is 3.57. The number of halogens is 2. The maximum absolute atomic E-state index is 12.9. The zero-order valence-electron chi connectivity index (χ0n) is 8.67. The average molecular weight is 245 g/mol. The van der Waals surface area contributed by atoms with E-state index >= 15 is 0 Å². The number of benzene rings is 1. The van der Waals surface area contributed by atoms with Gasteiger partial charge in [0.05, 0.1) is 0 Å². The van der Waals surface area contributed by atoms with Crippen molar-refractivity contribution in [3.63, 3.8) is 0 Å². The van der Waals surface area contributed by atoms with Crippen LogP contribution in [0.4, 0.5) is 4.39 Å². The topological polar surface area (TPSA) is 0 Å². The van der Waals surface area contributed by atoms with Crippen molar-refractivity contribution in [3.05, 3.63) is 35.1 Å². The van der Waals surface area contributed by atoms with Crippen molar-refractivity contribution < 1.29 is 4.39 Å². The first kappa shape index (κ1) is 11.3. The van der Waals surface area contributed by atoms with Gasteiger partial charge in [-0.05, 0) is 48.3 Å². The molecule has 1 aromatic carbocycles. The second-order valence-electron chi connectivity index (χ2n) is 4.09. The molecule has 15 heavy (non-hydrogen) atoms. The fraction of sp³-hybridized carbons (Fsp3) is 0.500. The van der Waals surface area contributed by atoms with Gasteiger partial charge in [-0.25, -0.2) is 4.39 Å². The van der Waals surface area contributed by atoms with E-state index in [9.17, 15) is 4.39 Å². The molecule has 0 bridgehead atoms. The monoisotopic (exact) mass is 244 g/mol. The first-order chi connectivity index (χ1) is 7.16. The number of hydrogen-bond donors (Lipinski definition) is 0. The summed E-state index contributed by atoms with van der Waals surface area (Å²) >= 11 is 8.13. The van der Waals surface area contributed by atoms with Crippen LogP contribution < -0.4 is 0 Å². The van der Waals surface area contributed by atoms with Gasteiger partial charge in [0, 0.05) is 11.1 Å².